The number of benzene rings is 2. The molecular formula is C19H12Cl2N4OS. The standard InChI is InChI=1S/C19H12Cl2N4OS/c20-12-8-13(21)10-15(9-12)24-19(26)23-14-4-1-3-11(7-14)17-25-16-5-2-6-22-18(16)27-17/h1-10H,(H2,23,24,26). The Morgan fingerprint density at radius 2 is 1.70 bits per heavy atom. The number of carbonyl (C=O) groups is 1. The van der Waals surface area contributed by atoms with Crippen LogP contribution in [0, 0.1) is 0 Å². The van der Waals surface area contributed by atoms with E-state index in [0.717, 1.165) is 20.9 Å². The van der Waals surface area contributed by atoms with Crippen molar-refractivity contribution in [2.45, 2.75) is 0 Å². The van der Waals surface area contributed by atoms with Gasteiger partial charge in [0, 0.05) is 33.2 Å². The van der Waals surface area contributed by atoms with Crippen LogP contribution in [-0.4, -0.2) is 16.0 Å². The SMILES string of the molecule is O=C(Nc1cc(Cl)cc(Cl)c1)Nc1cccc(-c2nc3cccnc3s2)c1. The third kappa shape index (κ3) is 4.19. The van der Waals surface area contributed by atoms with Gasteiger partial charge in [-0.2, -0.15) is 0 Å². The van der Waals surface area contributed by atoms with Crippen molar-refractivity contribution < 1.29 is 4.79 Å². The van der Waals surface area contributed by atoms with E-state index < -0.39 is 6.03 Å². The summed E-state index contributed by atoms with van der Waals surface area (Å²) in [5.74, 6) is 0. The molecule has 134 valence electrons. The van der Waals surface area contributed by atoms with Crippen LogP contribution in [0.3, 0.4) is 0 Å². The summed E-state index contributed by atoms with van der Waals surface area (Å²) in [6.07, 6.45) is 1.74. The zero-order valence-corrected chi connectivity index (χ0v) is 16.1. The van der Waals surface area contributed by atoms with E-state index in [-0.39, 0.29) is 0 Å². The molecule has 2 amide bonds. The van der Waals surface area contributed by atoms with Crippen LogP contribution in [0.15, 0.2) is 60.8 Å². The molecular weight excluding hydrogens is 403 g/mol. The van der Waals surface area contributed by atoms with Crippen molar-refractivity contribution >= 4 is 62.3 Å². The predicted octanol–water partition coefficient (Wildman–Crippen LogP) is 6.31. The number of fused-ring (bicyclic) bond motifs is 1. The topological polar surface area (TPSA) is 66.9 Å². The average molecular weight is 415 g/mol. The Morgan fingerprint density at radius 1 is 0.926 bits per heavy atom. The predicted molar refractivity (Wildman–Crippen MR) is 112 cm³/mol. The number of rotatable bonds is 3. The molecule has 2 N–H and O–H groups in total. The molecule has 4 rings (SSSR count). The molecule has 0 aliphatic carbocycles. The molecule has 5 nitrogen and oxygen atoms in total. The van der Waals surface area contributed by atoms with Gasteiger partial charge in [0.05, 0.1) is 0 Å². The third-order valence-electron chi connectivity index (χ3n) is 3.65. The second-order valence-electron chi connectivity index (χ2n) is 5.66. The van der Waals surface area contributed by atoms with E-state index in [4.69, 9.17) is 23.2 Å². The number of carbonyl (C=O) groups excluding carboxylic acids is 1. The highest BCUT2D eigenvalue weighted by Gasteiger charge is 2.09. The number of anilines is 2. The smallest absolute Gasteiger partial charge is 0.308 e. The van der Waals surface area contributed by atoms with E-state index in [9.17, 15) is 4.79 Å². The Morgan fingerprint density at radius 3 is 2.48 bits per heavy atom. The highest BCUT2D eigenvalue weighted by molar-refractivity contribution is 7.21. The number of hydrogen-bond acceptors (Lipinski definition) is 4. The van der Waals surface area contributed by atoms with Crippen molar-refractivity contribution in [3.63, 3.8) is 0 Å². The molecule has 4 aromatic rings. The fraction of sp³-hybridized carbons (Fsp3) is 0. The molecule has 0 saturated carbocycles. The second-order valence-corrected chi connectivity index (χ2v) is 7.52. The Bertz CT molecular complexity index is 1090. The van der Waals surface area contributed by atoms with E-state index in [1.807, 2.05) is 30.3 Å². The molecule has 27 heavy (non-hydrogen) atoms. The Hall–Kier alpha value is -2.67. The molecule has 0 saturated heterocycles. The molecule has 0 aliphatic heterocycles. The highest BCUT2D eigenvalue weighted by Crippen LogP contribution is 2.30. The molecule has 0 aliphatic rings. The summed E-state index contributed by atoms with van der Waals surface area (Å²) in [6.45, 7) is 0. The van der Waals surface area contributed by atoms with Gasteiger partial charge in [-0.1, -0.05) is 46.7 Å². The van der Waals surface area contributed by atoms with Crippen LogP contribution in [-0.2, 0) is 0 Å². The Labute approximate surface area is 169 Å². The van der Waals surface area contributed by atoms with Crippen molar-refractivity contribution in [3.05, 3.63) is 70.8 Å². The van der Waals surface area contributed by atoms with Crippen molar-refractivity contribution in [1.82, 2.24) is 9.97 Å². The number of nitrogens with zero attached hydrogens (tertiary/aromatic N) is 2. The number of urea groups is 1. The molecule has 0 unspecified atom stereocenters. The summed E-state index contributed by atoms with van der Waals surface area (Å²) < 4.78 is 0. The summed E-state index contributed by atoms with van der Waals surface area (Å²) >= 11 is 13.4. The average Bonchev–Trinajstić information content (AvgIpc) is 3.05. The van der Waals surface area contributed by atoms with E-state index in [0.29, 0.717) is 21.4 Å². The van der Waals surface area contributed by atoms with Gasteiger partial charge in [0.1, 0.15) is 15.4 Å². The van der Waals surface area contributed by atoms with Gasteiger partial charge in [-0.3, -0.25) is 0 Å². The molecule has 0 radical (unpaired) electrons. The van der Waals surface area contributed by atoms with E-state index >= 15 is 0 Å². The Kier molecular flexibility index (Phi) is 4.94. The number of hydrogen-bond donors (Lipinski definition) is 2. The van der Waals surface area contributed by atoms with Crippen LogP contribution >= 0.6 is 34.5 Å². The minimum atomic E-state index is -0.392. The molecule has 0 spiro atoms. The highest BCUT2D eigenvalue weighted by atomic mass is 35.5. The molecule has 0 atom stereocenters. The maximum atomic E-state index is 12.3. The van der Waals surface area contributed by atoms with E-state index in [2.05, 4.69) is 20.6 Å². The number of halogens is 2. The van der Waals surface area contributed by atoms with Crippen LogP contribution in [0.5, 0.6) is 0 Å². The lowest BCUT2D eigenvalue weighted by Gasteiger charge is -2.09. The summed E-state index contributed by atoms with van der Waals surface area (Å²) in [7, 11) is 0. The van der Waals surface area contributed by atoms with Crippen LogP contribution < -0.4 is 10.6 Å². The van der Waals surface area contributed by atoms with Gasteiger partial charge < -0.3 is 10.6 Å². The molecule has 0 bridgehead atoms. The summed E-state index contributed by atoms with van der Waals surface area (Å²) in [5, 5.41) is 7.25. The van der Waals surface area contributed by atoms with Crippen molar-refractivity contribution in [2.75, 3.05) is 10.6 Å². The minimum absolute atomic E-state index is 0.392. The normalized spacial score (nSPS) is 10.7. The Balaban J connectivity index is 1.52. The molecule has 2 aromatic carbocycles. The fourth-order valence-electron chi connectivity index (χ4n) is 2.54. The first kappa shape index (κ1) is 17.7. The zero-order valence-electron chi connectivity index (χ0n) is 13.7. The summed E-state index contributed by atoms with van der Waals surface area (Å²) in [6, 6.07) is 15.7. The van der Waals surface area contributed by atoms with Crippen LogP contribution in [0.2, 0.25) is 10.0 Å². The van der Waals surface area contributed by atoms with Gasteiger partial charge >= 0.3 is 6.03 Å². The lowest BCUT2D eigenvalue weighted by Crippen LogP contribution is -2.19. The van der Waals surface area contributed by atoms with Gasteiger partial charge in [-0.05, 0) is 42.5 Å². The maximum absolute atomic E-state index is 12.3. The lowest BCUT2D eigenvalue weighted by atomic mass is 10.2. The number of aromatic nitrogens is 2. The molecule has 2 heterocycles. The van der Waals surface area contributed by atoms with Gasteiger partial charge in [0.25, 0.3) is 0 Å². The quantitative estimate of drug-likeness (QED) is 0.412. The fourth-order valence-corrected chi connectivity index (χ4v) is 3.97. The van der Waals surface area contributed by atoms with Crippen LogP contribution in [0.25, 0.3) is 20.9 Å². The minimum Gasteiger partial charge on any atom is -0.308 e. The number of amides is 2. The summed E-state index contributed by atoms with van der Waals surface area (Å²) in [5.41, 5.74) is 2.91. The third-order valence-corrected chi connectivity index (χ3v) is 5.12. The van der Waals surface area contributed by atoms with Gasteiger partial charge in [0.15, 0.2) is 0 Å². The lowest BCUT2D eigenvalue weighted by molar-refractivity contribution is 0.262. The first-order valence-electron chi connectivity index (χ1n) is 7.93. The van der Waals surface area contributed by atoms with E-state index in [1.165, 1.54) is 11.3 Å². The first-order chi connectivity index (χ1) is 13.1. The van der Waals surface area contributed by atoms with Crippen molar-refractivity contribution in [1.29, 1.82) is 0 Å². The first-order valence-corrected chi connectivity index (χ1v) is 9.50. The van der Waals surface area contributed by atoms with Gasteiger partial charge in [0.2, 0.25) is 0 Å². The van der Waals surface area contributed by atoms with Gasteiger partial charge in [-0.15, -0.1) is 0 Å². The van der Waals surface area contributed by atoms with Crippen LogP contribution in [0.4, 0.5) is 16.2 Å². The second kappa shape index (κ2) is 7.52. The number of nitrogens with one attached hydrogen (secondary N) is 2. The van der Waals surface area contributed by atoms with Crippen molar-refractivity contribution in [2.24, 2.45) is 0 Å². The van der Waals surface area contributed by atoms with Crippen molar-refractivity contribution in [3.8, 4) is 10.6 Å². The van der Waals surface area contributed by atoms with E-state index in [1.54, 1.807) is 30.5 Å². The van der Waals surface area contributed by atoms with Gasteiger partial charge in [-0.25, -0.2) is 14.8 Å². The number of pyridine rings is 1. The zero-order chi connectivity index (χ0) is 18.8. The summed E-state index contributed by atoms with van der Waals surface area (Å²) in [4.78, 5) is 22.0. The molecule has 8 heteroatoms. The largest absolute Gasteiger partial charge is 0.323 e. The number of thiazole rings is 1. The van der Waals surface area contributed by atoms with Crippen LogP contribution in [0.1, 0.15) is 0 Å². The maximum Gasteiger partial charge on any atom is 0.323 e. The molecule has 0 fully saturated rings. The monoisotopic (exact) mass is 414 g/mol. The molecule has 2 aromatic heterocycles.